The third-order valence-electron chi connectivity index (χ3n) is 1.20. The van der Waals surface area contributed by atoms with Crippen molar-refractivity contribution < 1.29 is 52.8 Å². The summed E-state index contributed by atoms with van der Waals surface area (Å²) in [7, 11) is 0. The molecule has 0 aromatic heterocycles. The van der Waals surface area contributed by atoms with E-state index in [1.807, 2.05) is 31.2 Å². The van der Waals surface area contributed by atoms with Gasteiger partial charge in [0.1, 0.15) is 0 Å². The first-order valence-electron chi connectivity index (χ1n) is 2.74. The predicted molar refractivity (Wildman–Crippen MR) is 31.8 cm³/mol. The second-order valence-electron chi connectivity index (χ2n) is 1.87. The Hall–Kier alpha value is 0.483. The first kappa shape index (κ1) is 14.0. The number of aryl methyl sites for hydroxylation is 1. The summed E-state index contributed by atoms with van der Waals surface area (Å²) in [5.74, 6) is 0.996. The Morgan fingerprint density at radius 1 is 1.18 bits per heavy atom. The van der Waals surface area contributed by atoms with Gasteiger partial charge in [0.15, 0.2) is 0 Å². The third-order valence-corrected chi connectivity index (χ3v) is 1.74. The van der Waals surface area contributed by atoms with E-state index in [1.54, 1.807) is 0 Å². The van der Waals surface area contributed by atoms with Gasteiger partial charge in [0.25, 0.3) is 0 Å². The topological polar surface area (TPSA) is 9.23 Å². The van der Waals surface area contributed by atoms with Crippen molar-refractivity contribution in [1.29, 1.82) is 0 Å². The van der Waals surface area contributed by atoms with Crippen molar-refractivity contribution in [2.75, 3.05) is 0 Å². The average molecular weight is 269 g/mol. The predicted octanol–water partition coefficient (Wildman–Crippen LogP) is -4.16. The zero-order valence-corrected chi connectivity index (χ0v) is 9.94. The molecule has 0 N–H and O–H groups in total. The molecule has 0 unspecified atom stereocenters. The molecule has 1 nitrogen and oxygen atoms in total. The number of halogens is 2. The maximum atomic E-state index is 5.13. The molecule has 59 valence electrons. The van der Waals surface area contributed by atoms with E-state index >= 15 is 0 Å². The second kappa shape index (κ2) is 7.15. The van der Waals surface area contributed by atoms with Crippen LogP contribution < -0.4 is 27.6 Å². The number of hydrogen-bond acceptors (Lipinski definition) is 1. The van der Waals surface area contributed by atoms with Crippen LogP contribution in [-0.2, 0) is 25.2 Å². The van der Waals surface area contributed by atoms with Gasteiger partial charge in [-0.25, -0.2) is 0 Å². The molecule has 0 saturated heterocycles. The molecular formula is C7H7Cl2OZr. The summed E-state index contributed by atoms with van der Waals surface area (Å²) in [6.07, 6.45) is 0. The minimum Gasteiger partial charge on any atom is -1.00 e. The number of rotatable bonds is 1. The van der Waals surface area contributed by atoms with Crippen LogP contribution in [0, 0.1) is 6.92 Å². The van der Waals surface area contributed by atoms with Gasteiger partial charge in [-0.05, 0) is 0 Å². The van der Waals surface area contributed by atoms with Crippen molar-refractivity contribution in [1.82, 2.24) is 0 Å². The molecular weight excluding hydrogens is 262 g/mol. The summed E-state index contributed by atoms with van der Waals surface area (Å²) in [5.41, 5.74) is 1.20. The standard InChI is InChI=1S/C7H8O.2ClH.Zr/c1-6-4-2-3-5-7(6)8;;;/h2-5,8H,1H3;2*1H;/q;;;+3/p-3. The van der Waals surface area contributed by atoms with Gasteiger partial charge in [0.05, 0.1) is 0 Å². The van der Waals surface area contributed by atoms with Crippen LogP contribution in [0.5, 0.6) is 5.75 Å². The molecule has 0 bridgehead atoms. The summed E-state index contributed by atoms with van der Waals surface area (Å²) in [5, 5.41) is 0. The SMILES string of the molecule is Cc1ccccc1[O][Zr+2].[Cl-].[Cl-]. The summed E-state index contributed by atoms with van der Waals surface area (Å²) in [6.45, 7) is 2.04. The average Bonchev–Trinajstić information content (AvgIpc) is 1.89. The van der Waals surface area contributed by atoms with Gasteiger partial charge in [-0.2, -0.15) is 0 Å². The summed E-state index contributed by atoms with van der Waals surface area (Å²) in [4.78, 5) is 0. The van der Waals surface area contributed by atoms with Gasteiger partial charge in [0.2, 0.25) is 0 Å². The van der Waals surface area contributed by atoms with E-state index in [0.717, 1.165) is 30.9 Å². The van der Waals surface area contributed by atoms with E-state index in [2.05, 4.69) is 0 Å². The fourth-order valence-corrected chi connectivity index (χ4v) is 1.23. The first-order chi connectivity index (χ1) is 4.34. The summed E-state index contributed by atoms with van der Waals surface area (Å²) in [6, 6.07) is 8.00. The normalized spacial score (nSPS) is 7.55. The zero-order chi connectivity index (χ0) is 6.69. The van der Waals surface area contributed by atoms with Crippen molar-refractivity contribution in [3.63, 3.8) is 0 Å². The van der Waals surface area contributed by atoms with Crippen LogP contribution in [0.15, 0.2) is 24.3 Å². The van der Waals surface area contributed by atoms with Gasteiger partial charge in [-0.15, -0.1) is 0 Å². The van der Waals surface area contributed by atoms with Crippen LogP contribution in [0.25, 0.3) is 0 Å². The quantitative estimate of drug-likeness (QED) is 0.503. The van der Waals surface area contributed by atoms with Gasteiger partial charge in [-0.1, -0.05) is 0 Å². The maximum Gasteiger partial charge on any atom is -1.00 e. The molecule has 0 amide bonds. The van der Waals surface area contributed by atoms with Gasteiger partial charge >= 0.3 is 70.5 Å². The Labute approximate surface area is 94.8 Å². The van der Waals surface area contributed by atoms with Crippen molar-refractivity contribution in [3.05, 3.63) is 29.8 Å². The molecule has 0 heterocycles. The Balaban J connectivity index is 0. The fourth-order valence-electron chi connectivity index (χ4n) is 0.671. The molecule has 0 fully saturated rings. The molecule has 0 radical (unpaired) electrons. The Morgan fingerprint density at radius 3 is 2.09 bits per heavy atom. The monoisotopic (exact) mass is 267 g/mol. The van der Waals surface area contributed by atoms with E-state index in [-0.39, 0.29) is 24.8 Å². The molecule has 0 aliphatic carbocycles. The summed E-state index contributed by atoms with van der Waals surface area (Å²) < 4.78 is 5.13. The molecule has 0 atom stereocenters. The van der Waals surface area contributed by atoms with Crippen LogP contribution in [0.3, 0.4) is 0 Å². The van der Waals surface area contributed by atoms with E-state index in [0.29, 0.717) is 0 Å². The van der Waals surface area contributed by atoms with Crippen molar-refractivity contribution in [2.45, 2.75) is 6.92 Å². The molecule has 4 heteroatoms. The van der Waals surface area contributed by atoms with Crippen LogP contribution in [0.2, 0.25) is 0 Å². The van der Waals surface area contributed by atoms with Crippen LogP contribution >= 0.6 is 0 Å². The van der Waals surface area contributed by atoms with Crippen LogP contribution in [0.4, 0.5) is 0 Å². The molecule has 1 aromatic carbocycles. The third kappa shape index (κ3) is 4.15. The Bertz CT molecular complexity index is 205. The molecule has 0 aliphatic heterocycles. The van der Waals surface area contributed by atoms with E-state index in [1.165, 1.54) is 5.56 Å². The first-order valence-corrected chi connectivity index (χ1v) is 3.74. The van der Waals surface area contributed by atoms with E-state index in [4.69, 9.17) is 2.81 Å². The molecule has 1 rings (SSSR count). The summed E-state index contributed by atoms with van der Waals surface area (Å²) >= 11 is 1.09. The van der Waals surface area contributed by atoms with E-state index < -0.39 is 0 Å². The van der Waals surface area contributed by atoms with E-state index in [9.17, 15) is 0 Å². The van der Waals surface area contributed by atoms with Crippen molar-refractivity contribution in [3.8, 4) is 5.75 Å². The van der Waals surface area contributed by atoms with Gasteiger partial charge in [-0.3, -0.25) is 0 Å². The maximum absolute atomic E-state index is 5.13. The molecule has 1 aromatic rings. The molecule has 0 aliphatic rings. The van der Waals surface area contributed by atoms with Crippen molar-refractivity contribution >= 4 is 0 Å². The van der Waals surface area contributed by atoms with Gasteiger partial charge in [0, 0.05) is 0 Å². The molecule has 0 spiro atoms. The number of para-hydroxylation sites is 1. The molecule has 0 saturated carbocycles. The Kier molecular flexibility index (Phi) is 9.12. The zero-order valence-electron chi connectivity index (χ0n) is 5.97. The minimum atomic E-state index is 0. The number of benzene rings is 1. The molecule has 11 heavy (non-hydrogen) atoms. The van der Waals surface area contributed by atoms with Crippen molar-refractivity contribution in [2.24, 2.45) is 0 Å². The van der Waals surface area contributed by atoms with Gasteiger partial charge < -0.3 is 24.8 Å². The number of hydrogen-bond donors (Lipinski definition) is 0. The second-order valence-corrected chi connectivity index (χ2v) is 2.37. The Morgan fingerprint density at radius 2 is 1.73 bits per heavy atom. The van der Waals surface area contributed by atoms with Crippen LogP contribution in [0.1, 0.15) is 5.56 Å². The fraction of sp³-hybridized carbons (Fsp3) is 0.143. The smallest absolute Gasteiger partial charge is 1.00 e. The minimum absolute atomic E-state index is 0. The largest absolute Gasteiger partial charge is 1.00 e. The van der Waals surface area contributed by atoms with Crippen LogP contribution in [-0.4, -0.2) is 0 Å².